The summed E-state index contributed by atoms with van der Waals surface area (Å²) < 4.78 is 5.71. The van der Waals surface area contributed by atoms with Crippen LogP contribution in [0.3, 0.4) is 0 Å². The van der Waals surface area contributed by atoms with Gasteiger partial charge in [0, 0.05) is 24.9 Å². The van der Waals surface area contributed by atoms with Gasteiger partial charge in [-0.15, -0.1) is 0 Å². The number of aromatic nitrogens is 2. The number of nitrogen functional groups attached to an aromatic ring is 1. The molecule has 0 aliphatic carbocycles. The smallest absolute Gasteiger partial charge is 0.160 e. The van der Waals surface area contributed by atoms with Crippen LogP contribution in [-0.2, 0) is 11.3 Å². The molecule has 1 aromatic rings. The summed E-state index contributed by atoms with van der Waals surface area (Å²) in [6, 6.07) is 0. The fourth-order valence-electron chi connectivity index (χ4n) is 1.60. The molecule has 17 heavy (non-hydrogen) atoms. The summed E-state index contributed by atoms with van der Waals surface area (Å²) in [6.45, 7) is 9.18. The molecule has 0 aliphatic heterocycles. The summed E-state index contributed by atoms with van der Waals surface area (Å²) in [5, 5.41) is 0. The van der Waals surface area contributed by atoms with Crippen LogP contribution in [0.15, 0.2) is 6.20 Å². The molecule has 0 amide bonds. The molecule has 0 bridgehead atoms. The molecule has 1 aromatic heterocycles. The Labute approximate surface area is 103 Å². The molecular weight excluding hydrogens is 216 g/mol. The first kappa shape index (κ1) is 13.9. The summed E-state index contributed by atoms with van der Waals surface area (Å²) in [4.78, 5) is 8.59. The van der Waals surface area contributed by atoms with E-state index in [-0.39, 0.29) is 11.5 Å². The molecule has 0 aromatic carbocycles. The van der Waals surface area contributed by atoms with E-state index in [0.29, 0.717) is 24.8 Å². The molecule has 0 fully saturated rings. The molecule has 1 atom stereocenters. The predicted octanol–water partition coefficient (Wildman–Crippen LogP) is 1.64. The summed E-state index contributed by atoms with van der Waals surface area (Å²) >= 11 is 0. The van der Waals surface area contributed by atoms with Crippen LogP contribution < -0.4 is 11.5 Å². The molecule has 4 N–H and O–H groups in total. The van der Waals surface area contributed by atoms with E-state index in [1.54, 1.807) is 6.20 Å². The molecule has 1 rings (SSSR count). The van der Waals surface area contributed by atoms with Crippen molar-refractivity contribution >= 4 is 5.82 Å². The Balaban J connectivity index is 3.07. The molecule has 0 spiro atoms. The Kier molecular flexibility index (Phi) is 4.42. The maximum absolute atomic E-state index is 5.82. The first-order valence-corrected chi connectivity index (χ1v) is 5.83. The van der Waals surface area contributed by atoms with E-state index in [1.165, 1.54) is 0 Å². The number of hydrogen-bond acceptors (Lipinski definition) is 5. The number of rotatable bonds is 4. The highest BCUT2D eigenvalue weighted by atomic mass is 16.5. The second-order valence-electron chi connectivity index (χ2n) is 5.04. The van der Waals surface area contributed by atoms with Crippen molar-refractivity contribution in [2.75, 3.05) is 12.3 Å². The fourth-order valence-corrected chi connectivity index (χ4v) is 1.60. The van der Waals surface area contributed by atoms with Crippen molar-refractivity contribution in [3.8, 4) is 0 Å². The highest BCUT2D eigenvalue weighted by molar-refractivity contribution is 5.37. The highest BCUT2D eigenvalue weighted by Gasteiger charge is 2.29. The summed E-state index contributed by atoms with van der Waals surface area (Å²) in [6.07, 6.45) is 1.51. The van der Waals surface area contributed by atoms with Gasteiger partial charge in [-0.2, -0.15) is 0 Å². The molecule has 0 aliphatic rings. The van der Waals surface area contributed by atoms with Crippen molar-refractivity contribution in [3.63, 3.8) is 0 Å². The zero-order valence-corrected chi connectivity index (χ0v) is 11.0. The first-order valence-electron chi connectivity index (χ1n) is 5.83. The average Bonchev–Trinajstić information content (AvgIpc) is 2.24. The van der Waals surface area contributed by atoms with E-state index in [9.17, 15) is 0 Å². The van der Waals surface area contributed by atoms with Gasteiger partial charge in [0.1, 0.15) is 11.9 Å². The Morgan fingerprint density at radius 2 is 2.06 bits per heavy atom. The van der Waals surface area contributed by atoms with Gasteiger partial charge in [-0.3, -0.25) is 0 Å². The minimum Gasteiger partial charge on any atom is -0.383 e. The van der Waals surface area contributed by atoms with Gasteiger partial charge in [0.15, 0.2) is 5.82 Å². The van der Waals surface area contributed by atoms with Crippen molar-refractivity contribution in [1.82, 2.24) is 9.97 Å². The Morgan fingerprint density at radius 1 is 1.41 bits per heavy atom. The van der Waals surface area contributed by atoms with E-state index in [0.717, 1.165) is 5.56 Å². The van der Waals surface area contributed by atoms with E-state index in [4.69, 9.17) is 16.2 Å². The Bertz CT molecular complexity index is 373. The number of ether oxygens (including phenoxy) is 1. The standard InChI is InChI=1S/C12H22N4O/c1-5-17-9(12(2,3)4)11-15-7-8(6-13)10(14)16-11/h7,9H,5-6,13H2,1-4H3,(H2,14,15,16). The monoisotopic (exact) mass is 238 g/mol. The van der Waals surface area contributed by atoms with Crippen LogP contribution in [0.25, 0.3) is 0 Å². The molecule has 1 unspecified atom stereocenters. The molecule has 0 saturated heterocycles. The van der Waals surface area contributed by atoms with Gasteiger partial charge in [0.25, 0.3) is 0 Å². The summed E-state index contributed by atoms with van der Waals surface area (Å²) in [5.74, 6) is 1.06. The van der Waals surface area contributed by atoms with E-state index in [2.05, 4.69) is 30.7 Å². The Hall–Kier alpha value is -1.20. The molecule has 5 heteroatoms. The number of anilines is 1. The van der Waals surface area contributed by atoms with Crippen molar-refractivity contribution in [1.29, 1.82) is 0 Å². The molecule has 0 radical (unpaired) electrons. The van der Waals surface area contributed by atoms with E-state index in [1.807, 2.05) is 6.92 Å². The molecule has 5 nitrogen and oxygen atoms in total. The van der Waals surface area contributed by atoms with Crippen LogP contribution in [0.4, 0.5) is 5.82 Å². The fraction of sp³-hybridized carbons (Fsp3) is 0.667. The lowest BCUT2D eigenvalue weighted by Gasteiger charge is -2.29. The van der Waals surface area contributed by atoms with Gasteiger partial charge in [-0.25, -0.2) is 9.97 Å². The summed E-state index contributed by atoms with van der Waals surface area (Å²) in [7, 11) is 0. The van der Waals surface area contributed by atoms with Crippen molar-refractivity contribution in [2.45, 2.75) is 40.3 Å². The topological polar surface area (TPSA) is 87.0 Å². The second-order valence-corrected chi connectivity index (χ2v) is 5.04. The third kappa shape index (κ3) is 3.38. The van der Waals surface area contributed by atoms with Crippen LogP contribution in [0.5, 0.6) is 0 Å². The average molecular weight is 238 g/mol. The largest absolute Gasteiger partial charge is 0.383 e. The quantitative estimate of drug-likeness (QED) is 0.832. The predicted molar refractivity (Wildman–Crippen MR) is 68.2 cm³/mol. The molecule has 0 saturated carbocycles. The van der Waals surface area contributed by atoms with Crippen molar-refractivity contribution < 1.29 is 4.74 Å². The molecular formula is C12H22N4O. The van der Waals surface area contributed by atoms with Gasteiger partial charge in [0.2, 0.25) is 0 Å². The van der Waals surface area contributed by atoms with Crippen LogP contribution in [-0.4, -0.2) is 16.6 Å². The lowest BCUT2D eigenvalue weighted by molar-refractivity contribution is -0.0190. The first-order chi connectivity index (χ1) is 7.90. The third-order valence-electron chi connectivity index (χ3n) is 2.49. The zero-order valence-electron chi connectivity index (χ0n) is 11.0. The highest BCUT2D eigenvalue weighted by Crippen LogP contribution is 2.34. The number of nitrogens with two attached hydrogens (primary N) is 2. The minimum atomic E-state index is -0.165. The normalized spacial score (nSPS) is 13.7. The van der Waals surface area contributed by atoms with Crippen LogP contribution >= 0.6 is 0 Å². The second kappa shape index (κ2) is 5.42. The Morgan fingerprint density at radius 3 is 2.47 bits per heavy atom. The SMILES string of the molecule is CCOC(c1ncc(CN)c(N)n1)C(C)(C)C. The van der Waals surface area contributed by atoms with Crippen LogP contribution in [0.2, 0.25) is 0 Å². The minimum absolute atomic E-state index is 0.0767. The van der Waals surface area contributed by atoms with E-state index >= 15 is 0 Å². The van der Waals surface area contributed by atoms with E-state index < -0.39 is 0 Å². The third-order valence-corrected chi connectivity index (χ3v) is 2.49. The zero-order chi connectivity index (χ0) is 13.1. The lowest BCUT2D eigenvalue weighted by Crippen LogP contribution is -2.24. The van der Waals surface area contributed by atoms with Gasteiger partial charge in [-0.1, -0.05) is 20.8 Å². The summed E-state index contributed by atoms with van der Waals surface area (Å²) in [5.41, 5.74) is 12.0. The molecule has 1 heterocycles. The van der Waals surface area contributed by atoms with Crippen LogP contribution in [0, 0.1) is 5.41 Å². The van der Waals surface area contributed by atoms with Crippen molar-refractivity contribution in [3.05, 3.63) is 17.6 Å². The van der Waals surface area contributed by atoms with Crippen LogP contribution in [0.1, 0.15) is 45.2 Å². The lowest BCUT2D eigenvalue weighted by atomic mass is 9.88. The maximum atomic E-state index is 5.82. The van der Waals surface area contributed by atoms with Gasteiger partial charge < -0.3 is 16.2 Å². The number of hydrogen-bond donors (Lipinski definition) is 2. The van der Waals surface area contributed by atoms with Gasteiger partial charge in [-0.05, 0) is 12.3 Å². The van der Waals surface area contributed by atoms with Gasteiger partial charge in [0.05, 0.1) is 0 Å². The van der Waals surface area contributed by atoms with Gasteiger partial charge >= 0.3 is 0 Å². The maximum Gasteiger partial charge on any atom is 0.160 e. The number of nitrogens with zero attached hydrogens (tertiary/aromatic N) is 2. The van der Waals surface area contributed by atoms with Crippen molar-refractivity contribution in [2.24, 2.45) is 11.1 Å². The molecule has 96 valence electrons.